The molecule has 2 aromatic heterocycles. The summed E-state index contributed by atoms with van der Waals surface area (Å²) in [7, 11) is 0. The van der Waals surface area contributed by atoms with E-state index in [4.69, 9.17) is 0 Å². The summed E-state index contributed by atoms with van der Waals surface area (Å²) in [5, 5.41) is 4.66. The molecule has 1 amide bonds. The minimum absolute atomic E-state index is 0.00317. The number of anilines is 1. The molecule has 0 saturated carbocycles. The molecule has 0 saturated heterocycles. The number of aromatic nitrogens is 2. The first kappa shape index (κ1) is 17.6. The molecule has 2 heterocycles. The van der Waals surface area contributed by atoms with Gasteiger partial charge in [0.25, 0.3) is 0 Å². The van der Waals surface area contributed by atoms with Crippen LogP contribution in [0.15, 0.2) is 41.7 Å². The number of nitrogens with one attached hydrogen (secondary N) is 1. The van der Waals surface area contributed by atoms with Gasteiger partial charge in [-0.25, -0.2) is 9.97 Å². The molecule has 0 aliphatic rings. The lowest BCUT2D eigenvalue weighted by Gasteiger charge is -2.06. The minimum Gasteiger partial charge on any atom is -0.325 e. The minimum atomic E-state index is -0.113. The van der Waals surface area contributed by atoms with Crippen LogP contribution in [-0.4, -0.2) is 27.4 Å². The van der Waals surface area contributed by atoms with Crippen molar-refractivity contribution in [1.82, 2.24) is 9.97 Å². The molecule has 1 N–H and O–H groups in total. The van der Waals surface area contributed by atoms with E-state index < -0.39 is 0 Å². The number of carbonyl (C=O) groups is 2. The Balaban J connectivity index is 1.64. The first-order chi connectivity index (χ1) is 12.1. The molecule has 3 aromatic rings. The van der Waals surface area contributed by atoms with Crippen LogP contribution in [0, 0.1) is 0 Å². The average molecular weight is 371 g/mol. The fourth-order valence-electron chi connectivity index (χ4n) is 2.29. The second-order valence-electron chi connectivity index (χ2n) is 5.43. The van der Waals surface area contributed by atoms with Crippen molar-refractivity contribution < 1.29 is 9.59 Å². The summed E-state index contributed by atoms with van der Waals surface area (Å²) in [4.78, 5) is 34.2. The molecule has 0 spiro atoms. The Labute approximate surface area is 153 Å². The van der Waals surface area contributed by atoms with E-state index in [9.17, 15) is 9.59 Å². The smallest absolute Gasteiger partial charge is 0.234 e. The SMILES string of the molecule is CCc1cc2c(SCC(=O)Nc3ccc(C(C)=O)cc3)ncnc2s1. The highest BCUT2D eigenvalue weighted by atomic mass is 32.2. The van der Waals surface area contributed by atoms with Crippen LogP contribution in [0.5, 0.6) is 0 Å². The van der Waals surface area contributed by atoms with E-state index in [-0.39, 0.29) is 17.4 Å². The van der Waals surface area contributed by atoms with E-state index in [1.807, 2.05) is 0 Å². The molecular formula is C18H17N3O2S2. The van der Waals surface area contributed by atoms with Crippen molar-refractivity contribution in [3.63, 3.8) is 0 Å². The third kappa shape index (κ3) is 4.24. The molecule has 0 unspecified atom stereocenters. The van der Waals surface area contributed by atoms with Crippen molar-refractivity contribution in [3.8, 4) is 0 Å². The van der Waals surface area contributed by atoms with Gasteiger partial charge in [0.05, 0.1) is 5.75 Å². The highest BCUT2D eigenvalue weighted by molar-refractivity contribution is 8.00. The predicted molar refractivity (Wildman–Crippen MR) is 103 cm³/mol. The van der Waals surface area contributed by atoms with Crippen LogP contribution in [-0.2, 0) is 11.2 Å². The van der Waals surface area contributed by atoms with Gasteiger partial charge in [-0.2, -0.15) is 0 Å². The number of amides is 1. The molecule has 7 heteroatoms. The number of ketones is 1. The molecule has 25 heavy (non-hydrogen) atoms. The Morgan fingerprint density at radius 1 is 1.20 bits per heavy atom. The first-order valence-electron chi connectivity index (χ1n) is 7.84. The fraction of sp³-hybridized carbons (Fsp3) is 0.222. The van der Waals surface area contributed by atoms with Gasteiger partial charge in [0.1, 0.15) is 16.2 Å². The van der Waals surface area contributed by atoms with Crippen molar-refractivity contribution >= 4 is 50.7 Å². The molecule has 128 valence electrons. The van der Waals surface area contributed by atoms with Gasteiger partial charge in [-0.15, -0.1) is 11.3 Å². The molecule has 3 rings (SSSR count). The lowest BCUT2D eigenvalue weighted by molar-refractivity contribution is -0.113. The standard InChI is InChI=1S/C18H17N3O2S2/c1-3-14-8-15-17(19-10-20-18(15)25-14)24-9-16(23)21-13-6-4-12(5-7-13)11(2)22/h4-8,10H,3,9H2,1-2H3,(H,21,23). The van der Waals surface area contributed by atoms with Gasteiger partial charge in [-0.3, -0.25) is 9.59 Å². The Morgan fingerprint density at radius 3 is 2.64 bits per heavy atom. The highest BCUT2D eigenvalue weighted by Crippen LogP contribution is 2.30. The quantitative estimate of drug-likeness (QED) is 0.400. The number of thiophene rings is 1. The number of hydrogen-bond acceptors (Lipinski definition) is 6. The van der Waals surface area contributed by atoms with Gasteiger partial charge in [-0.1, -0.05) is 18.7 Å². The summed E-state index contributed by atoms with van der Waals surface area (Å²) in [5.74, 6) is 0.152. The molecule has 1 aromatic carbocycles. The van der Waals surface area contributed by atoms with Gasteiger partial charge in [0.2, 0.25) is 5.91 Å². The van der Waals surface area contributed by atoms with Crippen LogP contribution < -0.4 is 5.32 Å². The van der Waals surface area contributed by atoms with Crippen molar-refractivity contribution in [2.45, 2.75) is 25.3 Å². The molecular weight excluding hydrogens is 354 g/mol. The van der Waals surface area contributed by atoms with Gasteiger partial charge in [-0.05, 0) is 43.7 Å². The van der Waals surface area contributed by atoms with Gasteiger partial charge in [0, 0.05) is 21.5 Å². The van der Waals surface area contributed by atoms with Crippen molar-refractivity contribution in [2.75, 3.05) is 11.1 Å². The van der Waals surface area contributed by atoms with E-state index in [2.05, 4.69) is 28.3 Å². The number of nitrogens with zero attached hydrogens (tertiary/aromatic N) is 2. The molecule has 0 aliphatic heterocycles. The Hall–Kier alpha value is -2.25. The molecule has 0 fully saturated rings. The summed E-state index contributed by atoms with van der Waals surface area (Å²) in [6, 6.07) is 8.97. The molecule has 0 atom stereocenters. The van der Waals surface area contributed by atoms with E-state index in [1.165, 1.54) is 23.6 Å². The number of hydrogen-bond donors (Lipinski definition) is 1. The zero-order valence-corrected chi connectivity index (χ0v) is 15.5. The largest absolute Gasteiger partial charge is 0.325 e. The van der Waals surface area contributed by atoms with Crippen LogP contribution in [0.3, 0.4) is 0 Å². The lowest BCUT2D eigenvalue weighted by Crippen LogP contribution is -2.14. The Kier molecular flexibility index (Phi) is 5.45. The number of carbonyl (C=O) groups excluding carboxylic acids is 2. The lowest BCUT2D eigenvalue weighted by atomic mass is 10.1. The van der Waals surface area contributed by atoms with Gasteiger partial charge in [0.15, 0.2) is 5.78 Å². The van der Waals surface area contributed by atoms with Gasteiger partial charge >= 0.3 is 0 Å². The Morgan fingerprint density at radius 2 is 1.96 bits per heavy atom. The number of thioether (sulfide) groups is 1. The molecule has 0 radical (unpaired) electrons. The second-order valence-corrected chi connectivity index (χ2v) is 7.51. The maximum atomic E-state index is 12.2. The number of Topliss-reactive ketones (excluding diaryl/α,β-unsaturated/α-hetero) is 1. The molecule has 5 nitrogen and oxygen atoms in total. The summed E-state index contributed by atoms with van der Waals surface area (Å²) >= 11 is 3.06. The first-order valence-corrected chi connectivity index (χ1v) is 9.64. The third-order valence-corrected chi connectivity index (χ3v) is 5.80. The third-order valence-electron chi connectivity index (χ3n) is 3.61. The zero-order valence-electron chi connectivity index (χ0n) is 13.9. The summed E-state index contributed by atoms with van der Waals surface area (Å²) in [6.45, 7) is 3.62. The van der Waals surface area contributed by atoms with Gasteiger partial charge < -0.3 is 5.32 Å². The van der Waals surface area contributed by atoms with Crippen LogP contribution in [0.1, 0.15) is 29.1 Å². The van der Waals surface area contributed by atoms with Crippen LogP contribution in [0.25, 0.3) is 10.2 Å². The topological polar surface area (TPSA) is 72.0 Å². The number of aryl methyl sites for hydroxylation is 1. The highest BCUT2D eigenvalue weighted by Gasteiger charge is 2.11. The number of benzene rings is 1. The summed E-state index contributed by atoms with van der Waals surface area (Å²) in [6.07, 6.45) is 2.50. The number of fused-ring (bicyclic) bond motifs is 1. The van der Waals surface area contributed by atoms with E-state index in [0.29, 0.717) is 11.3 Å². The van der Waals surface area contributed by atoms with Crippen LogP contribution >= 0.6 is 23.1 Å². The van der Waals surface area contributed by atoms with E-state index >= 15 is 0 Å². The van der Waals surface area contributed by atoms with Crippen molar-refractivity contribution in [3.05, 3.63) is 47.1 Å². The monoisotopic (exact) mass is 371 g/mol. The zero-order chi connectivity index (χ0) is 17.8. The molecule has 0 aliphatic carbocycles. The predicted octanol–water partition coefficient (Wildman–Crippen LogP) is 4.19. The summed E-state index contributed by atoms with van der Waals surface area (Å²) in [5.41, 5.74) is 1.30. The van der Waals surface area contributed by atoms with E-state index in [1.54, 1.807) is 41.9 Å². The van der Waals surface area contributed by atoms with Crippen molar-refractivity contribution in [2.24, 2.45) is 0 Å². The van der Waals surface area contributed by atoms with E-state index in [0.717, 1.165) is 21.7 Å². The Bertz CT molecular complexity index is 920. The normalized spacial score (nSPS) is 10.8. The van der Waals surface area contributed by atoms with Crippen LogP contribution in [0.2, 0.25) is 0 Å². The fourth-order valence-corrected chi connectivity index (χ4v) is 4.06. The second kappa shape index (κ2) is 7.76. The maximum absolute atomic E-state index is 12.2. The van der Waals surface area contributed by atoms with Crippen molar-refractivity contribution in [1.29, 1.82) is 0 Å². The average Bonchev–Trinajstić information content (AvgIpc) is 3.04. The summed E-state index contributed by atoms with van der Waals surface area (Å²) < 4.78 is 0. The van der Waals surface area contributed by atoms with Crippen LogP contribution in [0.4, 0.5) is 5.69 Å². The maximum Gasteiger partial charge on any atom is 0.234 e. The number of rotatable bonds is 6. The molecule has 0 bridgehead atoms.